The summed E-state index contributed by atoms with van der Waals surface area (Å²) in [5, 5.41) is 2.83. The number of hydrogen-bond acceptors (Lipinski definition) is 4. The number of hydrogen-bond donors (Lipinski definition) is 1. The van der Waals surface area contributed by atoms with Crippen molar-refractivity contribution >= 4 is 10.0 Å². The van der Waals surface area contributed by atoms with Gasteiger partial charge in [-0.25, -0.2) is 12.7 Å². The summed E-state index contributed by atoms with van der Waals surface area (Å²) in [4.78, 5) is 0. The monoisotopic (exact) mass is 248 g/mol. The molecule has 6 heteroatoms. The van der Waals surface area contributed by atoms with Gasteiger partial charge in [-0.15, -0.1) is 0 Å². The zero-order chi connectivity index (χ0) is 11.6. The van der Waals surface area contributed by atoms with Crippen LogP contribution in [0.1, 0.15) is 13.3 Å². The van der Waals surface area contributed by atoms with E-state index in [0.29, 0.717) is 32.2 Å². The zero-order valence-corrected chi connectivity index (χ0v) is 10.5. The lowest BCUT2D eigenvalue weighted by Gasteiger charge is -2.24. The van der Waals surface area contributed by atoms with E-state index in [4.69, 9.17) is 4.74 Å². The minimum Gasteiger partial charge on any atom is -0.381 e. The fraction of sp³-hybridized carbons (Fsp3) is 1.00. The molecular weight excluding hydrogens is 228 g/mol. The van der Waals surface area contributed by atoms with Gasteiger partial charge in [0.2, 0.25) is 10.0 Å². The lowest BCUT2D eigenvalue weighted by Crippen LogP contribution is -2.40. The molecule has 0 aromatic rings. The van der Waals surface area contributed by atoms with Crippen LogP contribution in [0.5, 0.6) is 0 Å². The molecule has 0 saturated carbocycles. The summed E-state index contributed by atoms with van der Waals surface area (Å²) in [7, 11) is -3.11. The second-order valence-corrected chi connectivity index (χ2v) is 7.00. The average molecular weight is 248 g/mol. The van der Waals surface area contributed by atoms with Gasteiger partial charge in [-0.05, 0) is 19.3 Å². The molecule has 16 heavy (non-hydrogen) atoms. The molecule has 5 nitrogen and oxygen atoms in total. The first-order valence-electron chi connectivity index (χ1n) is 5.88. The molecule has 2 aliphatic heterocycles. The lowest BCUT2D eigenvalue weighted by molar-refractivity contribution is 0.180. The Morgan fingerprint density at radius 2 is 2.31 bits per heavy atom. The van der Waals surface area contributed by atoms with E-state index in [9.17, 15) is 8.42 Å². The highest BCUT2D eigenvalue weighted by Crippen LogP contribution is 2.18. The average Bonchev–Trinajstić information content (AvgIpc) is 2.70. The van der Waals surface area contributed by atoms with Crippen LogP contribution in [0.15, 0.2) is 0 Å². The first-order chi connectivity index (χ1) is 7.60. The first-order valence-corrected chi connectivity index (χ1v) is 7.38. The van der Waals surface area contributed by atoms with E-state index in [1.807, 2.05) is 0 Å². The Morgan fingerprint density at radius 3 is 3.00 bits per heavy atom. The molecule has 0 radical (unpaired) electrons. The Morgan fingerprint density at radius 1 is 1.50 bits per heavy atom. The smallest absolute Gasteiger partial charge is 0.218 e. The van der Waals surface area contributed by atoms with Crippen molar-refractivity contribution < 1.29 is 13.2 Å². The molecule has 0 bridgehead atoms. The molecule has 2 fully saturated rings. The van der Waals surface area contributed by atoms with Crippen molar-refractivity contribution in [2.45, 2.75) is 18.6 Å². The fourth-order valence-electron chi connectivity index (χ4n) is 2.21. The predicted octanol–water partition coefficient (Wildman–Crippen LogP) is -0.354. The van der Waals surface area contributed by atoms with Gasteiger partial charge in [-0.2, -0.15) is 0 Å². The molecule has 1 N–H and O–H groups in total. The Bertz CT molecular complexity index is 325. The van der Waals surface area contributed by atoms with Crippen LogP contribution < -0.4 is 5.32 Å². The normalized spacial score (nSPS) is 36.1. The zero-order valence-electron chi connectivity index (χ0n) is 9.68. The molecular formula is C10H20N2O3S. The number of sulfonamides is 1. The lowest BCUT2D eigenvalue weighted by atomic mass is 10.1. The van der Waals surface area contributed by atoms with Gasteiger partial charge in [0, 0.05) is 32.8 Å². The van der Waals surface area contributed by atoms with Gasteiger partial charge >= 0.3 is 0 Å². The molecule has 0 aromatic carbocycles. The van der Waals surface area contributed by atoms with Crippen LogP contribution >= 0.6 is 0 Å². The van der Waals surface area contributed by atoms with Crippen LogP contribution in [0.25, 0.3) is 0 Å². The van der Waals surface area contributed by atoms with Crippen LogP contribution in [0.3, 0.4) is 0 Å². The maximum absolute atomic E-state index is 12.2. The van der Waals surface area contributed by atoms with Gasteiger partial charge < -0.3 is 10.1 Å². The van der Waals surface area contributed by atoms with Crippen LogP contribution in [-0.4, -0.2) is 57.4 Å². The Balaban J connectivity index is 2.04. The molecule has 2 heterocycles. The molecule has 2 saturated heterocycles. The maximum atomic E-state index is 12.2. The van der Waals surface area contributed by atoms with E-state index >= 15 is 0 Å². The molecule has 2 atom stereocenters. The van der Waals surface area contributed by atoms with Crippen molar-refractivity contribution in [2.24, 2.45) is 5.92 Å². The third kappa shape index (κ3) is 2.56. The highest BCUT2D eigenvalue weighted by molar-refractivity contribution is 7.89. The number of rotatable bonds is 2. The molecule has 0 spiro atoms. The summed E-state index contributed by atoms with van der Waals surface area (Å²) < 4.78 is 31.3. The number of nitrogens with one attached hydrogen (secondary N) is 1. The summed E-state index contributed by atoms with van der Waals surface area (Å²) >= 11 is 0. The van der Waals surface area contributed by atoms with Gasteiger partial charge in [0.1, 0.15) is 0 Å². The van der Waals surface area contributed by atoms with Crippen molar-refractivity contribution in [3.63, 3.8) is 0 Å². The summed E-state index contributed by atoms with van der Waals surface area (Å²) in [6.45, 7) is 5.75. The predicted molar refractivity (Wildman–Crippen MR) is 61.8 cm³/mol. The maximum Gasteiger partial charge on any atom is 0.218 e. The fourth-order valence-corrected chi connectivity index (χ4v) is 3.81. The van der Waals surface area contributed by atoms with Crippen molar-refractivity contribution in [1.82, 2.24) is 9.62 Å². The molecule has 2 unspecified atom stereocenters. The number of ether oxygens (including phenoxy) is 1. The SMILES string of the molecule is CC1CNCCN(CC2CCOC2)S1(=O)=O. The molecule has 0 amide bonds. The van der Waals surface area contributed by atoms with Crippen molar-refractivity contribution in [3.05, 3.63) is 0 Å². The Hall–Kier alpha value is -0.170. The van der Waals surface area contributed by atoms with Gasteiger partial charge in [0.05, 0.1) is 11.9 Å². The summed E-state index contributed by atoms with van der Waals surface area (Å²) in [6.07, 6.45) is 0.980. The van der Waals surface area contributed by atoms with Gasteiger partial charge in [-0.1, -0.05) is 0 Å². The molecule has 0 aromatic heterocycles. The standard InChI is InChI=1S/C10H20N2O3S/c1-9-6-11-3-4-12(16(9,13)14)7-10-2-5-15-8-10/h9-11H,2-8H2,1H3. The van der Waals surface area contributed by atoms with Crippen LogP contribution in [-0.2, 0) is 14.8 Å². The topological polar surface area (TPSA) is 58.6 Å². The summed E-state index contributed by atoms with van der Waals surface area (Å²) in [6, 6.07) is 0. The van der Waals surface area contributed by atoms with Crippen molar-refractivity contribution in [3.8, 4) is 0 Å². The molecule has 2 aliphatic rings. The van der Waals surface area contributed by atoms with E-state index < -0.39 is 10.0 Å². The molecule has 2 rings (SSSR count). The van der Waals surface area contributed by atoms with E-state index in [2.05, 4.69) is 5.32 Å². The first kappa shape index (κ1) is 12.3. The number of nitrogens with zero attached hydrogens (tertiary/aromatic N) is 1. The van der Waals surface area contributed by atoms with Crippen LogP contribution in [0, 0.1) is 5.92 Å². The summed E-state index contributed by atoms with van der Waals surface area (Å²) in [5.41, 5.74) is 0. The third-order valence-electron chi connectivity index (χ3n) is 3.32. The molecule has 94 valence electrons. The van der Waals surface area contributed by atoms with Crippen LogP contribution in [0.4, 0.5) is 0 Å². The Kier molecular flexibility index (Phi) is 3.84. The minimum absolute atomic E-state index is 0.322. The largest absolute Gasteiger partial charge is 0.381 e. The highest BCUT2D eigenvalue weighted by atomic mass is 32.2. The highest BCUT2D eigenvalue weighted by Gasteiger charge is 2.32. The second kappa shape index (κ2) is 5.00. The minimum atomic E-state index is -3.11. The third-order valence-corrected chi connectivity index (χ3v) is 5.56. The van der Waals surface area contributed by atoms with E-state index in [1.54, 1.807) is 11.2 Å². The van der Waals surface area contributed by atoms with Gasteiger partial charge in [0.25, 0.3) is 0 Å². The quantitative estimate of drug-likeness (QED) is 0.725. The summed E-state index contributed by atoms with van der Waals surface area (Å²) in [5.74, 6) is 0.375. The van der Waals surface area contributed by atoms with Gasteiger partial charge in [-0.3, -0.25) is 0 Å². The van der Waals surface area contributed by atoms with E-state index in [0.717, 1.165) is 19.6 Å². The second-order valence-electron chi connectivity index (χ2n) is 4.65. The Labute approximate surface area is 97.2 Å². The van der Waals surface area contributed by atoms with E-state index in [1.165, 1.54) is 0 Å². The van der Waals surface area contributed by atoms with Gasteiger partial charge in [0.15, 0.2) is 0 Å². The van der Waals surface area contributed by atoms with Crippen molar-refractivity contribution in [1.29, 1.82) is 0 Å². The van der Waals surface area contributed by atoms with Crippen LogP contribution in [0.2, 0.25) is 0 Å². The van der Waals surface area contributed by atoms with Crippen molar-refractivity contribution in [2.75, 3.05) is 39.4 Å². The van der Waals surface area contributed by atoms with E-state index in [-0.39, 0.29) is 5.25 Å². The molecule has 0 aliphatic carbocycles.